The number of rotatable bonds is 5. The highest BCUT2D eigenvalue weighted by Gasteiger charge is 2.54. The molecule has 1 aromatic carbocycles. The monoisotopic (exact) mass is 326 g/mol. The number of carbonyl (C=O) groups excluding carboxylic acids is 1. The van der Waals surface area contributed by atoms with Gasteiger partial charge in [-0.2, -0.15) is 13.2 Å². The smallest absolute Gasteiger partial charge is 0.376 e. The Kier molecular flexibility index (Phi) is 4.79. The van der Waals surface area contributed by atoms with Gasteiger partial charge in [-0.05, 0) is 17.7 Å². The minimum absolute atomic E-state index is 0.249. The van der Waals surface area contributed by atoms with Crippen LogP contribution in [-0.2, 0) is 12.6 Å². The van der Waals surface area contributed by atoms with E-state index in [-0.39, 0.29) is 12.1 Å². The van der Waals surface area contributed by atoms with Crippen LogP contribution in [0.2, 0.25) is 0 Å². The lowest BCUT2D eigenvalue weighted by Gasteiger charge is -2.31. The van der Waals surface area contributed by atoms with E-state index < -0.39 is 24.1 Å². The van der Waals surface area contributed by atoms with E-state index in [1.54, 1.807) is 36.0 Å². The molecule has 0 saturated carbocycles. The van der Waals surface area contributed by atoms with Crippen LogP contribution in [0, 0.1) is 0 Å². The number of hydrogen-bond acceptors (Lipinski definition) is 2. The number of benzene rings is 1. The van der Waals surface area contributed by atoms with Gasteiger partial charge < -0.3 is 15.0 Å². The highest BCUT2D eigenvalue weighted by molar-refractivity contribution is 5.92. The number of amides is 1. The van der Waals surface area contributed by atoms with Crippen LogP contribution < -0.4 is 5.32 Å². The first-order valence-electron chi connectivity index (χ1n) is 7.00. The number of aromatic nitrogens is 1. The van der Waals surface area contributed by atoms with Crippen LogP contribution in [0.3, 0.4) is 0 Å². The molecule has 0 fully saturated rings. The number of halogens is 3. The fourth-order valence-electron chi connectivity index (χ4n) is 2.31. The molecule has 1 heterocycles. The molecule has 0 saturated heterocycles. The van der Waals surface area contributed by atoms with Crippen LogP contribution in [0.25, 0.3) is 0 Å². The third kappa shape index (κ3) is 3.56. The minimum atomic E-state index is -4.84. The maximum absolute atomic E-state index is 13.3. The Morgan fingerprint density at radius 2 is 1.83 bits per heavy atom. The summed E-state index contributed by atoms with van der Waals surface area (Å²) in [6.45, 7) is -0.311. The normalized spacial score (nSPS) is 14.3. The summed E-state index contributed by atoms with van der Waals surface area (Å²) in [5.74, 6) is -0.491. The Morgan fingerprint density at radius 3 is 2.35 bits per heavy atom. The third-order valence-corrected chi connectivity index (χ3v) is 3.67. The van der Waals surface area contributed by atoms with E-state index in [2.05, 4.69) is 5.32 Å². The average Bonchev–Trinajstić information content (AvgIpc) is 2.93. The van der Waals surface area contributed by atoms with Crippen molar-refractivity contribution in [3.8, 4) is 0 Å². The van der Waals surface area contributed by atoms with Gasteiger partial charge in [0.25, 0.3) is 5.91 Å². The number of hydrogen-bond donors (Lipinski definition) is 2. The Bertz CT molecular complexity index is 667. The topological polar surface area (TPSA) is 54.3 Å². The van der Waals surface area contributed by atoms with Crippen molar-refractivity contribution in [3.63, 3.8) is 0 Å². The number of nitrogens with one attached hydrogen (secondary N) is 1. The molecule has 0 bridgehead atoms. The summed E-state index contributed by atoms with van der Waals surface area (Å²) in [6.07, 6.45) is -3.86. The van der Waals surface area contributed by atoms with E-state index in [0.717, 1.165) is 0 Å². The quantitative estimate of drug-likeness (QED) is 0.887. The van der Waals surface area contributed by atoms with Gasteiger partial charge in [-0.25, -0.2) is 0 Å². The van der Waals surface area contributed by atoms with Crippen LogP contribution in [0.5, 0.6) is 0 Å². The number of aryl methyl sites for hydroxylation is 1. The van der Waals surface area contributed by atoms with Gasteiger partial charge in [-0.3, -0.25) is 4.79 Å². The number of aliphatic hydroxyl groups is 1. The maximum Gasteiger partial charge on any atom is 0.421 e. The molecular weight excluding hydrogens is 309 g/mol. The van der Waals surface area contributed by atoms with Gasteiger partial charge in [0, 0.05) is 26.2 Å². The summed E-state index contributed by atoms with van der Waals surface area (Å²) in [4.78, 5) is 11.9. The molecule has 0 aliphatic heterocycles. The molecule has 23 heavy (non-hydrogen) atoms. The average molecular weight is 326 g/mol. The van der Waals surface area contributed by atoms with Crippen molar-refractivity contribution < 1.29 is 23.1 Å². The van der Waals surface area contributed by atoms with Crippen molar-refractivity contribution in [1.29, 1.82) is 0 Å². The first kappa shape index (κ1) is 17.1. The highest BCUT2D eigenvalue weighted by Crippen LogP contribution is 2.41. The van der Waals surface area contributed by atoms with Gasteiger partial charge in [0.05, 0.1) is 0 Å². The van der Waals surface area contributed by atoms with E-state index in [4.69, 9.17) is 0 Å². The highest BCUT2D eigenvalue weighted by atomic mass is 19.4. The summed E-state index contributed by atoms with van der Waals surface area (Å²) in [6, 6.07) is 10.1. The van der Waals surface area contributed by atoms with Gasteiger partial charge >= 0.3 is 6.18 Å². The van der Waals surface area contributed by atoms with Crippen LogP contribution in [0.15, 0.2) is 48.7 Å². The fraction of sp³-hybridized carbons (Fsp3) is 0.312. The maximum atomic E-state index is 13.3. The Labute approximate surface area is 131 Å². The van der Waals surface area contributed by atoms with Crippen molar-refractivity contribution in [2.45, 2.75) is 18.2 Å². The first-order valence-corrected chi connectivity index (χ1v) is 7.00. The summed E-state index contributed by atoms with van der Waals surface area (Å²) in [7, 11) is 1.66. The first-order chi connectivity index (χ1) is 10.8. The molecule has 0 aliphatic rings. The van der Waals surface area contributed by atoms with Crippen molar-refractivity contribution >= 4 is 5.91 Å². The zero-order valence-corrected chi connectivity index (χ0v) is 12.5. The SMILES string of the molecule is Cn1cccc1C(=O)NCC[C@](O)(c1ccccc1)C(F)(F)F. The molecule has 2 N–H and O–H groups in total. The second-order valence-corrected chi connectivity index (χ2v) is 5.23. The molecule has 124 valence electrons. The molecule has 1 amide bonds. The lowest BCUT2D eigenvalue weighted by molar-refractivity contribution is -0.268. The predicted molar refractivity (Wildman–Crippen MR) is 78.8 cm³/mol. The second-order valence-electron chi connectivity index (χ2n) is 5.23. The molecule has 0 radical (unpaired) electrons. The Balaban J connectivity index is 2.09. The van der Waals surface area contributed by atoms with Gasteiger partial charge in [0.2, 0.25) is 0 Å². The number of nitrogens with zero attached hydrogens (tertiary/aromatic N) is 1. The van der Waals surface area contributed by atoms with E-state index in [1.807, 2.05) is 0 Å². The molecule has 0 spiro atoms. The van der Waals surface area contributed by atoms with Crippen molar-refractivity contribution in [2.75, 3.05) is 6.54 Å². The van der Waals surface area contributed by atoms with Crippen LogP contribution in [0.1, 0.15) is 22.5 Å². The van der Waals surface area contributed by atoms with E-state index in [0.29, 0.717) is 5.69 Å². The van der Waals surface area contributed by atoms with E-state index >= 15 is 0 Å². The summed E-state index contributed by atoms with van der Waals surface area (Å²) in [5.41, 5.74) is -2.92. The molecule has 0 aliphatic carbocycles. The molecule has 7 heteroatoms. The van der Waals surface area contributed by atoms with Gasteiger partial charge in [-0.1, -0.05) is 30.3 Å². The zero-order chi connectivity index (χ0) is 17.1. The Morgan fingerprint density at radius 1 is 1.17 bits per heavy atom. The van der Waals surface area contributed by atoms with Crippen molar-refractivity contribution in [2.24, 2.45) is 7.05 Å². The zero-order valence-electron chi connectivity index (χ0n) is 12.5. The summed E-state index contributed by atoms with van der Waals surface area (Å²) < 4.78 is 41.4. The van der Waals surface area contributed by atoms with Crippen molar-refractivity contribution in [1.82, 2.24) is 9.88 Å². The number of alkyl halides is 3. The Hall–Kier alpha value is -2.28. The predicted octanol–water partition coefficient (Wildman–Crippen LogP) is 2.60. The van der Waals surface area contributed by atoms with Gasteiger partial charge in [-0.15, -0.1) is 0 Å². The lowest BCUT2D eigenvalue weighted by Crippen LogP contribution is -2.45. The summed E-state index contributed by atoms with van der Waals surface area (Å²) >= 11 is 0. The van der Waals surface area contributed by atoms with Gasteiger partial charge in [0.15, 0.2) is 5.60 Å². The minimum Gasteiger partial charge on any atom is -0.376 e. The molecule has 1 atom stereocenters. The second kappa shape index (κ2) is 6.45. The molecular formula is C16H17F3N2O2. The van der Waals surface area contributed by atoms with Crippen LogP contribution in [0.4, 0.5) is 13.2 Å². The number of carbonyl (C=O) groups is 1. The molecule has 0 unspecified atom stereocenters. The van der Waals surface area contributed by atoms with Crippen molar-refractivity contribution in [3.05, 3.63) is 59.9 Å². The fourth-order valence-corrected chi connectivity index (χ4v) is 2.31. The molecule has 1 aromatic heterocycles. The lowest BCUT2D eigenvalue weighted by atomic mass is 9.89. The van der Waals surface area contributed by atoms with Gasteiger partial charge in [0.1, 0.15) is 5.69 Å². The molecule has 2 rings (SSSR count). The van der Waals surface area contributed by atoms with E-state index in [9.17, 15) is 23.1 Å². The third-order valence-electron chi connectivity index (χ3n) is 3.67. The molecule has 4 nitrogen and oxygen atoms in total. The van der Waals surface area contributed by atoms with Crippen LogP contribution in [-0.4, -0.2) is 28.3 Å². The standard InChI is InChI=1S/C16H17F3N2O2/c1-21-11-5-8-13(21)14(22)20-10-9-15(23,16(17,18)19)12-6-3-2-4-7-12/h2-8,11,23H,9-10H2,1H3,(H,20,22)/t15-/m0/s1. The van der Waals surface area contributed by atoms with Crippen LogP contribution >= 0.6 is 0 Å². The summed E-state index contributed by atoms with van der Waals surface area (Å²) in [5, 5.41) is 12.5. The molecule has 2 aromatic rings. The largest absolute Gasteiger partial charge is 0.421 e. The van der Waals surface area contributed by atoms with E-state index in [1.165, 1.54) is 24.3 Å².